The minimum Gasteiger partial charge on any atom is -0.466 e. The van der Waals surface area contributed by atoms with E-state index in [2.05, 4.69) is 20.6 Å². The number of imidazole rings is 1. The lowest BCUT2D eigenvalue weighted by atomic mass is 10.0. The molecule has 25 heavy (non-hydrogen) atoms. The van der Waals surface area contributed by atoms with Crippen LogP contribution in [0.4, 0.5) is 4.79 Å². The molecule has 3 N–H and O–H groups in total. The first kappa shape index (κ1) is 16.7. The number of amides is 2. The van der Waals surface area contributed by atoms with E-state index in [1.54, 1.807) is 48.5 Å². The Morgan fingerprint density at radius 1 is 1.36 bits per heavy atom. The van der Waals surface area contributed by atoms with Crippen molar-refractivity contribution in [2.45, 2.75) is 19.1 Å². The molecule has 0 aromatic carbocycles. The molecule has 0 saturated carbocycles. The number of hydrogen-bond acceptors (Lipinski definition) is 5. The molecule has 3 aromatic rings. The Morgan fingerprint density at radius 3 is 2.96 bits per heavy atom. The summed E-state index contributed by atoms with van der Waals surface area (Å²) < 4.78 is 6.95. The Balaban J connectivity index is 1.52. The molecule has 3 heterocycles. The minimum atomic E-state index is -1.27. The number of nitrogens with one attached hydrogen (secondary N) is 2. The smallest absolute Gasteiger partial charge is 0.315 e. The summed E-state index contributed by atoms with van der Waals surface area (Å²) in [5, 5.41) is 15.7. The zero-order valence-electron chi connectivity index (χ0n) is 13.7. The monoisotopic (exact) mass is 341 g/mol. The normalized spacial score (nSPS) is 13.2. The second-order valence-electron chi connectivity index (χ2n) is 5.78. The fourth-order valence-electron chi connectivity index (χ4n) is 2.28. The van der Waals surface area contributed by atoms with Crippen LogP contribution in [0.5, 0.6) is 0 Å². The van der Waals surface area contributed by atoms with Crippen LogP contribution in [0.1, 0.15) is 18.2 Å². The first-order chi connectivity index (χ1) is 12.0. The third-order valence-corrected chi connectivity index (χ3v) is 3.68. The van der Waals surface area contributed by atoms with E-state index in [0.717, 1.165) is 11.4 Å². The van der Waals surface area contributed by atoms with Crippen LogP contribution in [0, 0.1) is 0 Å². The van der Waals surface area contributed by atoms with E-state index >= 15 is 0 Å². The summed E-state index contributed by atoms with van der Waals surface area (Å²) in [5.41, 5.74) is -0.377. The predicted octanol–water partition coefficient (Wildman–Crippen LogP) is 1.57. The number of carbonyl (C=O) groups is 1. The highest BCUT2D eigenvalue weighted by molar-refractivity contribution is 5.73. The van der Waals surface area contributed by atoms with Crippen LogP contribution in [0.15, 0.2) is 59.9 Å². The molecule has 0 aliphatic heterocycles. The van der Waals surface area contributed by atoms with Crippen LogP contribution in [0.3, 0.4) is 0 Å². The number of aliphatic hydroxyl groups is 1. The molecule has 0 unspecified atom stereocenters. The third kappa shape index (κ3) is 4.24. The van der Waals surface area contributed by atoms with Crippen molar-refractivity contribution in [1.82, 2.24) is 25.2 Å². The van der Waals surface area contributed by atoms with Crippen LogP contribution in [-0.4, -0.2) is 32.2 Å². The molecule has 8 nitrogen and oxygen atoms in total. The van der Waals surface area contributed by atoms with Gasteiger partial charge in [-0.25, -0.2) is 14.8 Å². The van der Waals surface area contributed by atoms with Crippen LogP contribution >= 0.6 is 0 Å². The summed E-state index contributed by atoms with van der Waals surface area (Å²) in [6, 6.07) is 6.65. The molecule has 0 spiro atoms. The molecule has 3 rings (SSSR count). The van der Waals surface area contributed by atoms with Gasteiger partial charge in [0.1, 0.15) is 23.5 Å². The van der Waals surface area contributed by atoms with E-state index in [1.165, 1.54) is 6.26 Å². The molecule has 0 aliphatic carbocycles. The van der Waals surface area contributed by atoms with E-state index < -0.39 is 5.60 Å². The number of rotatable bonds is 6. The van der Waals surface area contributed by atoms with Gasteiger partial charge in [-0.15, -0.1) is 0 Å². The Kier molecular flexibility index (Phi) is 4.80. The third-order valence-electron chi connectivity index (χ3n) is 3.68. The number of carbonyl (C=O) groups excluding carboxylic acids is 1. The van der Waals surface area contributed by atoms with Gasteiger partial charge in [0.05, 0.1) is 12.8 Å². The van der Waals surface area contributed by atoms with Gasteiger partial charge >= 0.3 is 6.03 Å². The highest BCUT2D eigenvalue weighted by Gasteiger charge is 2.26. The van der Waals surface area contributed by atoms with Crippen molar-refractivity contribution in [3.05, 3.63) is 66.8 Å². The van der Waals surface area contributed by atoms with Crippen molar-refractivity contribution < 1.29 is 14.3 Å². The van der Waals surface area contributed by atoms with Gasteiger partial charge in [0.15, 0.2) is 0 Å². The van der Waals surface area contributed by atoms with E-state index in [-0.39, 0.29) is 12.6 Å². The van der Waals surface area contributed by atoms with Crippen LogP contribution in [0.2, 0.25) is 0 Å². The lowest BCUT2D eigenvalue weighted by molar-refractivity contribution is 0.0367. The molecule has 8 heteroatoms. The Morgan fingerprint density at radius 2 is 2.24 bits per heavy atom. The predicted molar refractivity (Wildman–Crippen MR) is 89.9 cm³/mol. The van der Waals surface area contributed by atoms with Crippen LogP contribution in [-0.2, 0) is 12.1 Å². The van der Waals surface area contributed by atoms with Crippen LogP contribution in [0.25, 0.3) is 5.82 Å². The Hall–Kier alpha value is -3.13. The maximum atomic E-state index is 12.0. The highest BCUT2D eigenvalue weighted by atomic mass is 16.4. The molecule has 1 atom stereocenters. The molecule has 0 radical (unpaired) electrons. The van der Waals surface area contributed by atoms with Gasteiger partial charge in [-0.2, -0.15) is 0 Å². The molecule has 0 bridgehead atoms. The van der Waals surface area contributed by atoms with E-state index in [1.807, 2.05) is 12.1 Å². The van der Waals surface area contributed by atoms with E-state index in [0.29, 0.717) is 12.3 Å². The van der Waals surface area contributed by atoms with E-state index in [9.17, 15) is 9.90 Å². The maximum absolute atomic E-state index is 12.0. The van der Waals surface area contributed by atoms with Crippen molar-refractivity contribution in [1.29, 1.82) is 0 Å². The lowest BCUT2D eigenvalue weighted by Crippen LogP contribution is -2.43. The van der Waals surface area contributed by atoms with Crippen molar-refractivity contribution in [2.24, 2.45) is 0 Å². The van der Waals surface area contributed by atoms with Crippen molar-refractivity contribution in [3.8, 4) is 5.82 Å². The quantitative estimate of drug-likeness (QED) is 0.631. The topological polar surface area (TPSA) is 105 Å². The van der Waals surface area contributed by atoms with Gasteiger partial charge in [0, 0.05) is 25.1 Å². The zero-order chi connectivity index (χ0) is 17.7. The molecule has 0 aliphatic rings. The first-order valence-electron chi connectivity index (χ1n) is 7.76. The van der Waals surface area contributed by atoms with Crippen molar-refractivity contribution in [3.63, 3.8) is 0 Å². The van der Waals surface area contributed by atoms with Crippen LogP contribution < -0.4 is 10.6 Å². The number of furan rings is 1. The number of pyridine rings is 1. The van der Waals surface area contributed by atoms with Gasteiger partial charge in [-0.05, 0) is 36.8 Å². The average Bonchev–Trinajstić information content (AvgIpc) is 3.32. The summed E-state index contributed by atoms with van der Waals surface area (Å²) in [6.07, 6.45) is 8.27. The first-order valence-corrected chi connectivity index (χ1v) is 7.76. The zero-order valence-corrected chi connectivity index (χ0v) is 13.7. The molecule has 130 valence electrons. The Labute approximate surface area is 144 Å². The summed E-state index contributed by atoms with van der Waals surface area (Å²) >= 11 is 0. The summed E-state index contributed by atoms with van der Waals surface area (Å²) in [7, 11) is 0. The summed E-state index contributed by atoms with van der Waals surface area (Å²) in [4.78, 5) is 20.2. The van der Waals surface area contributed by atoms with Crippen molar-refractivity contribution >= 4 is 6.03 Å². The SMILES string of the molecule is C[C@](O)(CNC(=O)NCc1ccnc(-n2ccnc2)c1)c1ccco1. The number of urea groups is 1. The van der Waals surface area contributed by atoms with Crippen molar-refractivity contribution in [2.75, 3.05) is 6.54 Å². The van der Waals surface area contributed by atoms with Gasteiger partial charge in [-0.1, -0.05) is 0 Å². The Bertz CT molecular complexity index is 813. The number of aromatic nitrogens is 3. The van der Waals surface area contributed by atoms with Gasteiger partial charge in [0.25, 0.3) is 0 Å². The largest absolute Gasteiger partial charge is 0.466 e. The molecule has 0 fully saturated rings. The molecular weight excluding hydrogens is 322 g/mol. The number of nitrogens with zero attached hydrogens (tertiary/aromatic N) is 3. The van der Waals surface area contributed by atoms with E-state index in [4.69, 9.17) is 4.42 Å². The minimum absolute atomic E-state index is 0.0307. The number of hydrogen-bond donors (Lipinski definition) is 3. The molecule has 3 aromatic heterocycles. The van der Waals surface area contributed by atoms with Gasteiger partial charge in [-0.3, -0.25) is 4.57 Å². The molecule has 2 amide bonds. The summed E-state index contributed by atoms with van der Waals surface area (Å²) in [6.45, 7) is 1.94. The average molecular weight is 341 g/mol. The standard InChI is InChI=1S/C17H19N5O3/c1-17(24,14-3-2-8-25-14)11-21-16(23)20-10-13-4-5-19-15(9-13)22-7-6-18-12-22/h2-9,12,24H,10-11H2,1H3,(H2,20,21,23)/t17-/m0/s1. The highest BCUT2D eigenvalue weighted by Crippen LogP contribution is 2.19. The van der Waals surface area contributed by atoms with Gasteiger partial charge < -0.3 is 20.2 Å². The lowest BCUT2D eigenvalue weighted by Gasteiger charge is -2.21. The maximum Gasteiger partial charge on any atom is 0.315 e. The molecule has 0 saturated heterocycles. The van der Waals surface area contributed by atoms with Gasteiger partial charge in [0.2, 0.25) is 0 Å². The second-order valence-corrected chi connectivity index (χ2v) is 5.78. The summed E-state index contributed by atoms with van der Waals surface area (Å²) in [5.74, 6) is 1.12. The second kappa shape index (κ2) is 7.18. The fraction of sp³-hybridized carbons (Fsp3) is 0.235. The fourth-order valence-corrected chi connectivity index (χ4v) is 2.28. The molecular formula is C17H19N5O3.